The van der Waals surface area contributed by atoms with E-state index in [4.69, 9.17) is 0 Å². The van der Waals surface area contributed by atoms with Crippen LogP contribution in [-0.2, 0) is 0 Å². The largest absolute Gasteiger partial charge is 0.346 e. The zero-order chi connectivity index (χ0) is 14.5. The van der Waals surface area contributed by atoms with Crippen LogP contribution in [0.25, 0.3) is 0 Å². The van der Waals surface area contributed by atoms with E-state index in [9.17, 15) is 4.79 Å². The lowest BCUT2D eigenvalue weighted by atomic mass is 10.1. The molecule has 0 spiro atoms. The van der Waals surface area contributed by atoms with Crippen molar-refractivity contribution in [3.63, 3.8) is 0 Å². The van der Waals surface area contributed by atoms with Crippen LogP contribution in [0.3, 0.4) is 0 Å². The van der Waals surface area contributed by atoms with Crippen molar-refractivity contribution in [2.45, 2.75) is 18.9 Å². The molecule has 0 bridgehead atoms. The fourth-order valence-corrected chi connectivity index (χ4v) is 2.49. The van der Waals surface area contributed by atoms with Crippen LogP contribution in [-0.4, -0.2) is 40.0 Å². The highest BCUT2D eigenvalue weighted by Gasteiger charge is 2.23. The van der Waals surface area contributed by atoms with E-state index in [1.165, 1.54) is 0 Å². The van der Waals surface area contributed by atoms with Gasteiger partial charge in [0.1, 0.15) is 5.69 Å². The van der Waals surface area contributed by atoms with E-state index in [1.54, 1.807) is 36.8 Å². The average Bonchev–Trinajstić information content (AvgIpc) is 2.57. The summed E-state index contributed by atoms with van der Waals surface area (Å²) in [5, 5.41) is 3.04. The zero-order valence-electron chi connectivity index (χ0n) is 11.6. The van der Waals surface area contributed by atoms with E-state index in [2.05, 4.69) is 25.2 Å². The Balaban J connectivity index is 1.63. The van der Waals surface area contributed by atoms with Gasteiger partial charge in [-0.3, -0.25) is 9.78 Å². The summed E-state index contributed by atoms with van der Waals surface area (Å²) in [5.41, 5.74) is 0.450. The monoisotopic (exact) mass is 283 g/mol. The molecule has 1 aliphatic heterocycles. The molecule has 0 radical (unpaired) electrons. The van der Waals surface area contributed by atoms with Crippen molar-refractivity contribution in [2.24, 2.45) is 0 Å². The molecule has 1 saturated heterocycles. The molecule has 21 heavy (non-hydrogen) atoms. The molecule has 1 amide bonds. The number of aromatic nitrogens is 3. The van der Waals surface area contributed by atoms with Crippen LogP contribution < -0.4 is 10.2 Å². The van der Waals surface area contributed by atoms with Crippen LogP contribution in [0, 0.1) is 0 Å². The van der Waals surface area contributed by atoms with Crippen molar-refractivity contribution in [1.29, 1.82) is 0 Å². The minimum absolute atomic E-state index is 0.0945. The Labute approximate surface area is 123 Å². The number of piperidine rings is 1. The molecule has 6 nitrogen and oxygen atoms in total. The van der Waals surface area contributed by atoms with Crippen LogP contribution in [0.15, 0.2) is 42.9 Å². The van der Waals surface area contributed by atoms with E-state index in [-0.39, 0.29) is 11.9 Å². The number of nitrogens with one attached hydrogen (secondary N) is 1. The molecule has 2 aromatic heterocycles. The third kappa shape index (κ3) is 3.34. The summed E-state index contributed by atoms with van der Waals surface area (Å²) >= 11 is 0. The maximum Gasteiger partial charge on any atom is 0.270 e. The van der Waals surface area contributed by atoms with Crippen LogP contribution in [0.2, 0.25) is 0 Å². The smallest absolute Gasteiger partial charge is 0.270 e. The lowest BCUT2D eigenvalue weighted by Crippen LogP contribution is -2.48. The van der Waals surface area contributed by atoms with E-state index in [1.807, 2.05) is 6.07 Å². The van der Waals surface area contributed by atoms with Crippen molar-refractivity contribution >= 4 is 11.9 Å². The number of nitrogens with zero attached hydrogens (tertiary/aromatic N) is 4. The molecule has 3 heterocycles. The van der Waals surface area contributed by atoms with Crippen LogP contribution >= 0.6 is 0 Å². The van der Waals surface area contributed by atoms with Crippen LogP contribution in [0.4, 0.5) is 5.95 Å². The summed E-state index contributed by atoms with van der Waals surface area (Å²) in [5.74, 6) is 0.589. The summed E-state index contributed by atoms with van der Waals surface area (Å²) in [4.78, 5) is 26.8. The number of rotatable bonds is 3. The summed E-state index contributed by atoms with van der Waals surface area (Å²) in [6.07, 6.45) is 7.06. The molecular formula is C15H17N5O. The number of pyridine rings is 1. The fourth-order valence-electron chi connectivity index (χ4n) is 2.49. The summed E-state index contributed by atoms with van der Waals surface area (Å²) in [6.45, 7) is 1.64. The normalized spacial score (nSPS) is 18.3. The van der Waals surface area contributed by atoms with Gasteiger partial charge in [-0.1, -0.05) is 6.07 Å². The van der Waals surface area contributed by atoms with Crippen LogP contribution in [0.1, 0.15) is 23.3 Å². The van der Waals surface area contributed by atoms with Gasteiger partial charge < -0.3 is 10.2 Å². The first-order valence-corrected chi connectivity index (χ1v) is 7.07. The van der Waals surface area contributed by atoms with Gasteiger partial charge in [0.25, 0.3) is 5.91 Å². The molecule has 3 rings (SSSR count). The number of amides is 1. The Morgan fingerprint density at radius 2 is 1.95 bits per heavy atom. The van der Waals surface area contributed by atoms with Gasteiger partial charge in [-0.25, -0.2) is 9.97 Å². The summed E-state index contributed by atoms with van der Waals surface area (Å²) < 4.78 is 0. The molecule has 0 aliphatic carbocycles. The molecule has 1 aliphatic rings. The number of anilines is 1. The topological polar surface area (TPSA) is 71.0 Å². The van der Waals surface area contributed by atoms with E-state index in [0.29, 0.717) is 11.6 Å². The molecular weight excluding hydrogens is 266 g/mol. The first-order valence-electron chi connectivity index (χ1n) is 7.07. The Morgan fingerprint density at radius 3 is 2.71 bits per heavy atom. The predicted molar refractivity (Wildman–Crippen MR) is 79.0 cm³/mol. The second-order valence-electron chi connectivity index (χ2n) is 5.02. The maximum atomic E-state index is 12.1. The predicted octanol–water partition coefficient (Wildman–Crippen LogP) is 1.27. The molecule has 0 aromatic carbocycles. The Kier molecular flexibility index (Phi) is 4.04. The van der Waals surface area contributed by atoms with Gasteiger partial charge in [-0.2, -0.15) is 0 Å². The Bertz CT molecular complexity index is 590. The molecule has 1 atom stereocenters. The molecule has 0 saturated carbocycles. The Hall–Kier alpha value is -2.50. The maximum absolute atomic E-state index is 12.1. The molecule has 6 heteroatoms. The molecule has 1 fully saturated rings. The van der Waals surface area contributed by atoms with Gasteiger partial charge in [-0.15, -0.1) is 0 Å². The number of carbonyl (C=O) groups excluding carboxylic acids is 1. The van der Waals surface area contributed by atoms with Crippen molar-refractivity contribution in [3.8, 4) is 0 Å². The van der Waals surface area contributed by atoms with Crippen LogP contribution in [0.5, 0.6) is 0 Å². The molecule has 1 N–H and O–H groups in total. The molecule has 108 valence electrons. The highest BCUT2D eigenvalue weighted by atomic mass is 16.1. The van der Waals surface area contributed by atoms with Gasteiger partial charge in [0.05, 0.1) is 0 Å². The van der Waals surface area contributed by atoms with Gasteiger partial charge >= 0.3 is 0 Å². The number of carbonyl (C=O) groups is 1. The third-order valence-corrected chi connectivity index (χ3v) is 3.49. The minimum Gasteiger partial charge on any atom is -0.346 e. The highest BCUT2D eigenvalue weighted by Crippen LogP contribution is 2.15. The third-order valence-electron chi connectivity index (χ3n) is 3.49. The highest BCUT2D eigenvalue weighted by molar-refractivity contribution is 5.92. The SMILES string of the molecule is O=C(N[C@H]1CCCN(c2ncccn2)C1)c1ccccn1. The van der Waals surface area contributed by atoms with Gasteiger partial charge in [-0.05, 0) is 31.0 Å². The molecule has 0 unspecified atom stereocenters. The van der Waals surface area contributed by atoms with E-state index >= 15 is 0 Å². The number of hydrogen-bond donors (Lipinski definition) is 1. The lowest BCUT2D eigenvalue weighted by molar-refractivity contribution is 0.0928. The van der Waals surface area contributed by atoms with E-state index in [0.717, 1.165) is 25.9 Å². The van der Waals surface area contributed by atoms with Crippen molar-refractivity contribution in [3.05, 3.63) is 48.5 Å². The fraction of sp³-hybridized carbons (Fsp3) is 0.333. The first kappa shape index (κ1) is 13.5. The van der Waals surface area contributed by atoms with Crippen molar-refractivity contribution in [2.75, 3.05) is 18.0 Å². The van der Waals surface area contributed by atoms with Gasteiger partial charge in [0.15, 0.2) is 0 Å². The first-order chi connectivity index (χ1) is 10.3. The summed E-state index contributed by atoms with van der Waals surface area (Å²) in [6, 6.07) is 7.22. The zero-order valence-corrected chi connectivity index (χ0v) is 11.6. The molecule has 2 aromatic rings. The standard InChI is InChI=1S/C15H17N5O/c21-14(13-6-1-2-7-16-13)19-12-5-3-10-20(11-12)15-17-8-4-9-18-15/h1-2,4,6-9,12H,3,5,10-11H2,(H,19,21)/t12-/m0/s1. The second-order valence-corrected chi connectivity index (χ2v) is 5.02. The second kappa shape index (κ2) is 6.30. The summed E-state index contributed by atoms with van der Waals surface area (Å²) in [7, 11) is 0. The van der Waals surface area contributed by atoms with Crippen molar-refractivity contribution < 1.29 is 4.79 Å². The van der Waals surface area contributed by atoms with Gasteiger partial charge in [0, 0.05) is 37.7 Å². The van der Waals surface area contributed by atoms with Gasteiger partial charge in [0.2, 0.25) is 5.95 Å². The average molecular weight is 283 g/mol. The number of hydrogen-bond acceptors (Lipinski definition) is 5. The van der Waals surface area contributed by atoms with E-state index < -0.39 is 0 Å². The quantitative estimate of drug-likeness (QED) is 0.918. The lowest BCUT2D eigenvalue weighted by Gasteiger charge is -2.33. The minimum atomic E-state index is -0.128. The van der Waals surface area contributed by atoms with Crippen molar-refractivity contribution in [1.82, 2.24) is 20.3 Å². The Morgan fingerprint density at radius 1 is 1.14 bits per heavy atom.